The molecule has 0 aliphatic rings. The van der Waals surface area contributed by atoms with Crippen LogP contribution in [-0.2, 0) is 6.54 Å². The number of aryl methyl sites for hydroxylation is 1. The highest BCUT2D eigenvalue weighted by atomic mass is 14.9. The van der Waals surface area contributed by atoms with Crippen molar-refractivity contribution in [2.75, 3.05) is 5.73 Å². The lowest BCUT2D eigenvalue weighted by molar-refractivity contribution is 0.584. The number of nitrogens with zero attached hydrogens (tertiary/aromatic N) is 1. The molecule has 0 amide bonds. The fraction of sp³-hybridized carbons (Fsp3) is 0.600. The molecule has 68 valence electrons. The molecule has 2 N–H and O–H groups in total. The lowest BCUT2D eigenvalue weighted by atomic mass is 10.2. The van der Waals surface area contributed by atoms with E-state index in [9.17, 15) is 0 Å². The number of hydrogen-bond acceptors (Lipinski definition) is 1. The maximum atomic E-state index is 5.59. The van der Waals surface area contributed by atoms with Gasteiger partial charge in [0.15, 0.2) is 0 Å². The van der Waals surface area contributed by atoms with E-state index >= 15 is 0 Å². The number of nitrogens with two attached hydrogens (primary N) is 1. The van der Waals surface area contributed by atoms with Gasteiger partial charge in [0.2, 0.25) is 0 Å². The third kappa shape index (κ3) is 2.99. The van der Waals surface area contributed by atoms with Gasteiger partial charge in [0.1, 0.15) is 0 Å². The predicted octanol–water partition coefficient (Wildman–Crippen LogP) is 2.65. The number of aromatic nitrogens is 1. The minimum Gasteiger partial charge on any atom is -0.398 e. The summed E-state index contributed by atoms with van der Waals surface area (Å²) in [7, 11) is 0. The standard InChI is InChI=1S/C10H18N2/c1-2-3-4-5-7-12-8-6-10(11)9-12/h6,8-9H,2-5,7,11H2,1H3. The third-order valence-electron chi connectivity index (χ3n) is 2.04. The zero-order chi connectivity index (χ0) is 8.81. The highest BCUT2D eigenvalue weighted by Gasteiger charge is 1.91. The number of hydrogen-bond donors (Lipinski definition) is 1. The van der Waals surface area contributed by atoms with Crippen molar-refractivity contribution >= 4 is 5.69 Å². The molecular formula is C10H18N2. The SMILES string of the molecule is CCCCCCn1ccc(N)c1. The third-order valence-corrected chi connectivity index (χ3v) is 2.04. The molecule has 0 atom stereocenters. The first kappa shape index (κ1) is 9.17. The minimum absolute atomic E-state index is 0.866. The average Bonchev–Trinajstić information content (AvgIpc) is 2.45. The Morgan fingerprint density at radius 3 is 2.75 bits per heavy atom. The summed E-state index contributed by atoms with van der Waals surface area (Å²) in [6, 6.07) is 1.94. The lowest BCUT2D eigenvalue weighted by Crippen LogP contribution is -1.93. The van der Waals surface area contributed by atoms with E-state index in [0.29, 0.717) is 0 Å². The van der Waals surface area contributed by atoms with Crippen LogP contribution in [0.2, 0.25) is 0 Å². The maximum absolute atomic E-state index is 5.59. The van der Waals surface area contributed by atoms with Crippen LogP contribution in [0.5, 0.6) is 0 Å². The molecule has 0 saturated carbocycles. The second-order valence-electron chi connectivity index (χ2n) is 3.24. The summed E-state index contributed by atoms with van der Waals surface area (Å²) in [4.78, 5) is 0. The predicted molar refractivity (Wildman–Crippen MR) is 53.0 cm³/mol. The Morgan fingerprint density at radius 1 is 1.33 bits per heavy atom. The van der Waals surface area contributed by atoms with E-state index in [1.54, 1.807) is 0 Å². The fourth-order valence-corrected chi connectivity index (χ4v) is 1.32. The van der Waals surface area contributed by atoms with E-state index in [1.165, 1.54) is 25.7 Å². The van der Waals surface area contributed by atoms with Crippen LogP contribution in [0.25, 0.3) is 0 Å². The highest BCUT2D eigenvalue weighted by Crippen LogP contribution is 2.05. The van der Waals surface area contributed by atoms with E-state index < -0.39 is 0 Å². The van der Waals surface area contributed by atoms with Crippen LogP contribution in [0.4, 0.5) is 5.69 Å². The molecule has 1 aromatic rings. The van der Waals surface area contributed by atoms with Gasteiger partial charge >= 0.3 is 0 Å². The molecule has 0 radical (unpaired) electrons. The summed E-state index contributed by atoms with van der Waals surface area (Å²) < 4.78 is 2.16. The van der Waals surface area contributed by atoms with E-state index in [2.05, 4.69) is 11.5 Å². The highest BCUT2D eigenvalue weighted by molar-refractivity contribution is 5.34. The summed E-state index contributed by atoms with van der Waals surface area (Å²) in [6.07, 6.45) is 9.27. The van der Waals surface area contributed by atoms with Gasteiger partial charge in [0.25, 0.3) is 0 Å². The van der Waals surface area contributed by atoms with Gasteiger partial charge in [-0.25, -0.2) is 0 Å². The molecule has 1 rings (SSSR count). The number of rotatable bonds is 5. The summed E-state index contributed by atoms with van der Waals surface area (Å²) >= 11 is 0. The van der Waals surface area contributed by atoms with E-state index in [1.807, 2.05) is 18.5 Å². The normalized spacial score (nSPS) is 10.4. The molecule has 0 aliphatic heterocycles. The number of unbranched alkanes of at least 4 members (excludes halogenated alkanes) is 3. The number of nitrogen functional groups attached to an aromatic ring is 1. The topological polar surface area (TPSA) is 30.9 Å². The second-order valence-corrected chi connectivity index (χ2v) is 3.24. The molecule has 1 aromatic heterocycles. The van der Waals surface area contributed by atoms with Crippen molar-refractivity contribution in [3.8, 4) is 0 Å². The Labute approximate surface area is 74.4 Å². The molecule has 0 spiro atoms. The van der Waals surface area contributed by atoms with E-state index in [4.69, 9.17) is 5.73 Å². The average molecular weight is 166 g/mol. The lowest BCUT2D eigenvalue weighted by Gasteiger charge is -2.00. The molecule has 0 aromatic carbocycles. The Bertz CT molecular complexity index is 215. The first-order valence-electron chi connectivity index (χ1n) is 4.74. The molecule has 2 heteroatoms. The van der Waals surface area contributed by atoms with Crippen LogP contribution in [0.15, 0.2) is 18.5 Å². The van der Waals surface area contributed by atoms with Gasteiger partial charge in [0, 0.05) is 24.6 Å². The molecule has 1 heterocycles. The monoisotopic (exact) mass is 166 g/mol. The van der Waals surface area contributed by atoms with Crippen LogP contribution < -0.4 is 5.73 Å². The van der Waals surface area contributed by atoms with Crippen LogP contribution in [0.1, 0.15) is 32.6 Å². The molecule has 0 fully saturated rings. The molecule has 0 saturated heterocycles. The fourth-order valence-electron chi connectivity index (χ4n) is 1.32. The Balaban J connectivity index is 2.15. The summed E-state index contributed by atoms with van der Waals surface area (Å²) in [5, 5.41) is 0. The van der Waals surface area contributed by atoms with Crippen LogP contribution in [0.3, 0.4) is 0 Å². The van der Waals surface area contributed by atoms with Crippen molar-refractivity contribution in [1.29, 1.82) is 0 Å². The second kappa shape index (κ2) is 4.86. The van der Waals surface area contributed by atoms with Crippen molar-refractivity contribution in [3.63, 3.8) is 0 Å². The van der Waals surface area contributed by atoms with Crippen molar-refractivity contribution in [2.24, 2.45) is 0 Å². The summed E-state index contributed by atoms with van der Waals surface area (Å²) in [6.45, 7) is 3.34. The van der Waals surface area contributed by atoms with Crippen molar-refractivity contribution in [2.45, 2.75) is 39.2 Å². The Hall–Kier alpha value is -0.920. The summed E-state index contributed by atoms with van der Waals surface area (Å²) in [5.41, 5.74) is 6.45. The first-order valence-corrected chi connectivity index (χ1v) is 4.74. The Kier molecular flexibility index (Phi) is 3.71. The van der Waals surface area contributed by atoms with Gasteiger partial charge in [-0.15, -0.1) is 0 Å². The Morgan fingerprint density at radius 2 is 2.17 bits per heavy atom. The van der Waals surface area contributed by atoms with Crippen LogP contribution in [-0.4, -0.2) is 4.57 Å². The van der Waals surface area contributed by atoms with Crippen molar-refractivity contribution < 1.29 is 0 Å². The van der Waals surface area contributed by atoms with Gasteiger partial charge in [-0.3, -0.25) is 0 Å². The molecule has 0 bridgehead atoms. The zero-order valence-electron chi connectivity index (χ0n) is 7.79. The van der Waals surface area contributed by atoms with Gasteiger partial charge < -0.3 is 10.3 Å². The first-order chi connectivity index (χ1) is 5.83. The zero-order valence-corrected chi connectivity index (χ0v) is 7.79. The van der Waals surface area contributed by atoms with Crippen molar-refractivity contribution in [1.82, 2.24) is 4.57 Å². The van der Waals surface area contributed by atoms with Gasteiger partial charge in [-0.1, -0.05) is 26.2 Å². The van der Waals surface area contributed by atoms with Gasteiger partial charge in [0.05, 0.1) is 0 Å². The van der Waals surface area contributed by atoms with Crippen LogP contribution in [0, 0.1) is 0 Å². The largest absolute Gasteiger partial charge is 0.398 e. The van der Waals surface area contributed by atoms with E-state index in [0.717, 1.165) is 12.2 Å². The molecule has 12 heavy (non-hydrogen) atoms. The van der Waals surface area contributed by atoms with E-state index in [-0.39, 0.29) is 0 Å². The van der Waals surface area contributed by atoms with Gasteiger partial charge in [-0.05, 0) is 12.5 Å². The summed E-state index contributed by atoms with van der Waals surface area (Å²) in [5.74, 6) is 0. The van der Waals surface area contributed by atoms with Gasteiger partial charge in [-0.2, -0.15) is 0 Å². The maximum Gasteiger partial charge on any atom is 0.0493 e. The van der Waals surface area contributed by atoms with Crippen LogP contribution >= 0.6 is 0 Å². The molecule has 0 aliphatic carbocycles. The van der Waals surface area contributed by atoms with Crippen molar-refractivity contribution in [3.05, 3.63) is 18.5 Å². The molecular weight excluding hydrogens is 148 g/mol. The molecule has 0 unspecified atom stereocenters. The smallest absolute Gasteiger partial charge is 0.0493 e. The minimum atomic E-state index is 0.866. The quantitative estimate of drug-likeness (QED) is 0.670. The molecule has 2 nitrogen and oxygen atoms in total. The number of anilines is 1.